The highest BCUT2D eigenvalue weighted by Crippen LogP contribution is 2.37. The van der Waals surface area contributed by atoms with E-state index in [0.29, 0.717) is 11.6 Å². The average Bonchev–Trinajstić information content (AvgIpc) is 2.07. The summed E-state index contributed by atoms with van der Waals surface area (Å²) in [4.78, 5) is 8.03. The molecule has 14 heavy (non-hydrogen) atoms. The van der Waals surface area contributed by atoms with Gasteiger partial charge in [-0.2, -0.15) is 0 Å². The summed E-state index contributed by atoms with van der Waals surface area (Å²) >= 11 is 24.9. The fraction of sp³-hybridized carbons (Fsp3) is 0.429. The van der Waals surface area contributed by atoms with Crippen molar-refractivity contribution in [2.75, 3.05) is 0 Å². The Morgan fingerprint density at radius 3 is 2.29 bits per heavy atom. The minimum Gasteiger partial charge on any atom is -0.232 e. The molecule has 0 fully saturated rings. The van der Waals surface area contributed by atoms with Crippen LogP contribution in [-0.2, 0) is 10.2 Å². The minimum absolute atomic E-state index is 0.116. The monoisotopic (exact) mass is 384 g/mol. The zero-order chi connectivity index (χ0) is 10.9. The predicted molar refractivity (Wildman–Crippen MR) is 68.4 cm³/mol. The standard InChI is InChI=1S/C7H5Cl4IN2/c1-2-3-4(12)5(8)14-6(13-3)7(9,10)11/h2H2,1H3. The molecular weight excluding hydrogens is 381 g/mol. The van der Waals surface area contributed by atoms with Crippen LogP contribution >= 0.6 is 69.0 Å². The van der Waals surface area contributed by atoms with E-state index in [4.69, 9.17) is 46.4 Å². The molecule has 0 radical (unpaired) electrons. The summed E-state index contributed by atoms with van der Waals surface area (Å²) in [5.74, 6) is 0.116. The third-order valence-corrected chi connectivity index (χ3v) is 3.70. The number of aryl methyl sites for hydroxylation is 1. The Kier molecular flexibility index (Phi) is 4.53. The average molecular weight is 386 g/mol. The van der Waals surface area contributed by atoms with E-state index in [-0.39, 0.29) is 5.82 Å². The maximum Gasteiger partial charge on any atom is 0.250 e. The molecule has 0 aliphatic rings. The van der Waals surface area contributed by atoms with Gasteiger partial charge in [0.05, 0.1) is 9.26 Å². The molecule has 0 saturated carbocycles. The van der Waals surface area contributed by atoms with E-state index in [2.05, 4.69) is 32.6 Å². The van der Waals surface area contributed by atoms with Crippen LogP contribution in [0.1, 0.15) is 18.4 Å². The topological polar surface area (TPSA) is 25.8 Å². The van der Waals surface area contributed by atoms with Crippen molar-refractivity contribution in [1.82, 2.24) is 9.97 Å². The number of hydrogen-bond donors (Lipinski definition) is 0. The summed E-state index contributed by atoms with van der Waals surface area (Å²) in [6, 6.07) is 0. The van der Waals surface area contributed by atoms with Crippen LogP contribution in [0.5, 0.6) is 0 Å². The largest absolute Gasteiger partial charge is 0.250 e. The van der Waals surface area contributed by atoms with Gasteiger partial charge in [-0.3, -0.25) is 0 Å². The highest BCUT2D eigenvalue weighted by Gasteiger charge is 2.28. The Bertz CT molecular complexity index is 350. The van der Waals surface area contributed by atoms with Crippen LogP contribution in [0, 0.1) is 3.57 Å². The first-order valence-electron chi connectivity index (χ1n) is 3.65. The highest BCUT2D eigenvalue weighted by molar-refractivity contribution is 14.1. The summed E-state index contributed by atoms with van der Waals surface area (Å²) in [6.07, 6.45) is 0.717. The summed E-state index contributed by atoms with van der Waals surface area (Å²) in [5, 5.41) is 0.318. The first kappa shape index (κ1) is 13.0. The van der Waals surface area contributed by atoms with Crippen LogP contribution in [0.3, 0.4) is 0 Å². The van der Waals surface area contributed by atoms with Gasteiger partial charge in [-0.1, -0.05) is 53.3 Å². The fourth-order valence-electron chi connectivity index (χ4n) is 0.824. The third-order valence-electron chi connectivity index (χ3n) is 1.47. The van der Waals surface area contributed by atoms with Crippen LogP contribution in [0.2, 0.25) is 5.15 Å². The molecule has 0 unspecified atom stereocenters. The quantitative estimate of drug-likeness (QED) is 0.413. The minimum atomic E-state index is -1.63. The van der Waals surface area contributed by atoms with Crippen LogP contribution in [0.15, 0.2) is 0 Å². The molecule has 0 aliphatic heterocycles. The lowest BCUT2D eigenvalue weighted by Crippen LogP contribution is -2.10. The molecule has 1 aromatic rings. The van der Waals surface area contributed by atoms with Crippen LogP contribution in [-0.4, -0.2) is 9.97 Å². The van der Waals surface area contributed by atoms with Crippen molar-refractivity contribution in [3.05, 3.63) is 20.2 Å². The van der Waals surface area contributed by atoms with Gasteiger partial charge in [-0.15, -0.1) is 0 Å². The lowest BCUT2D eigenvalue weighted by Gasteiger charge is -2.11. The van der Waals surface area contributed by atoms with E-state index in [1.807, 2.05) is 6.92 Å². The highest BCUT2D eigenvalue weighted by atomic mass is 127. The summed E-state index contributed by atoms with van der Waals surface area (Å²) in [5.41, 5.74) is 0.784. The molecule has 1 heterocycles. The van der Waals surface area contributed by atoms with Crippen molar-refractivity contribution in [1.29, 1.82) is 0 Å². The second-order valence-corrected chi connectivity index (χ2v) is 6.17. The lowest BCUT2D eigenvalue weighted by atomic mass is 10.3. The van der Waals surface area contributed by atoms with E-state index in [0.717, 1.165) is 9.26 Å². The molecule has 0 aliphatic carbocycles. The van der Waals surface area contributed by atoms with Crippen molar-refractivity contribution in [3.63, 3.8) is 0 Å². The van der Waals surface area contributed by atoms with Gasteiger partial charge in [-0.25, -0.2) is 9.97 Å². The van der Waals surface area contributed by atoms with E-state index in [9.17, 15) is 0 Å². The molecule has 0 aromatic carbocycles. The Morgan fingerprint density at radius 1 is 1.29 bits per heavy atom. The zero-order valence-electron chi connectivity index (χ0n) is 6.99. The number of halogens is 5. The Hall–Kier alpha value is 0.970. The van der Waals surface area contributed by atoms with Crippen molar-refractivity contribution in [2.45, 2.75) is 17.1 Å². The molecule has 78 valence electrons. The van der Waals surface area contributed by atoms with Crippen LogP contribution in [0.25, 0.3) is 0 Å². The van der Waals surface area contributed by atoms with E-state index < -0.39 is 3.79 Å². The van der Waals surface area contributed by atoms with Gasteiger partial charge >= 0.3 is 0 Å². The van der Waals surface area contributed by atoms with Crippen molar-refractivity contribution in [2.24, 2.45) is 0 Å². The van der Waals surface area contributed by atoms with Gasteiger partial charge in [-0.05, 0) is 29.0 Å². The van der Waals surface area contributed by atoms with Crippen molar-refractivity contribution < 1.29 is 0 Å². The Balaban J connectivity index is 3.30. The number of nitrogens with zero attached hydrogens (tertiary/aromatic N) is 2. The normalized spacial score (nSPS) is 11.9. The number of alkyl halides is 3. The van der Waals surface area contributed by atoms with Crippen LogP contribution in [0.4, 0.5) is 0 Å². The molecule has 1 aromatic heterocycles. The molecule has 0 spiro atoms. The van der Waals surface area contributed by atoms with E-state index >= 15 is 0 Å². The zero-order valence-corrected chi connectivity index (χ0v) is 12.2. The second-order valence-electron chi connectivity index (χ2n) is 2.45. The maximum atomic E-state index is 5.87. The van der Waals surface area contributed by atoms with Gasteiger partial charge in [0.25, 0.3) is 0 Å². The fourth-order valence-corrected chi connectivity index (χ4v) is 1.89. The van der Waals surface area contributed by atoms with Gasteiger partial charge in [0.1, 0.15) is 5.15 Å². The van der Waals surface area contributed by atoms with Gasteiger partial charge in [0.15, 0.2) is 5.82 Å². The SMILES string of the molecule is CCc1nc(C(Cl)(Cl)Cl)nc(Cl)c1I. The predicted octanol–water partition coefficient (Wildman–Crippen LogP) is 4.12. The van der Waals surface area contributed by atoms with E-state index in [1.54, 1.807) is 0 Å². The summed E-state index contributed by atoms with van der Waals surface area (Å²) in [6.45, 7) is 1.95. The molecule has 1 rings (SSSR count). The molecule has 2 nitrogen and oxygen atoms in total. The number of rotatable bonds is 1. The molecular formula is C7H5Cl4IN2. The number of hydrogen-bond acceptors (Lipinski definition) is 2. The van der Waals surface area contributed by atoms with Crippen LogP contribution < -0.4 is 0 Å². The molecule has 0 amide bonds. The Labute approximate surface area is 115 Å². The summed E-state index contributed by atoms with van der Waals surface area (Å²) < 4.78 is -0.831. The first-order valence-corrected chi connectivity index (χ1v) is 6.24. The van der Waals surface area contributed by atoms with Gasteiger partial charge in [0, 0.05) is 0 Å². The summed E-state index contributed by atoms with van der Waals surface area (Å²) in [7, 11) is 0. The molecule has 0 bridgehead atoms. The molecule has 7 heteroatoms. The molecule has 0 saturated heterocycles. The molecule has 0 N–H and O–H groups in total. The van der Waals surface area contributed by atoms with Crippen molar-refractivity contribution >= 4 is 69.0 Å². The lowest BCUT2D eigenvalue weighted by molar-refractivity contribution is 0.893. The Morgan fingerprint density at radius 2 is 1.86 bits per heavy atom. The smallest absolute Gasteiger partial charge is 0.232 e. The molecule has 0 atom stereocenters. The van der Waals surface area contributed by atoms with Gasteiger partial charge < -0.3 is 0 Å². The first-order chi connectivity index (χ1) is 6.36. The van der Waals surface area contributed by atoms with Crippen molar-refractivity contribution in [3.8, 4) is 0 Å². The number of aromatic nitrogens is 2. The maximum absolute atomic E-state index is 5.87. The van der Waals surface area contributed by atoms with Gasteiger partial charge in [0.2, 0.25) is 3.79 Å². The second kappa shape index (κ2) is 4.87. The van der Waals surface area contributed by atoms with E-state index in [1.165, 1.54) is 0 Å². The third kappa shape index (κ3) is 2.98.